The predicted octanol–water partition coefficient (Wildman–Crippen LogP) is 5.29. The van der Waals surface area contributed by atoms with Gasteiger partial charge in [-0.1, -0.05) is 42.4 Å². The molecule has 0 saturated carbocycles. The number of nitrogens with zero attached hydrogens (tertiary/aromatic N) is 7. The summed E-state index contributed by atoms with van der Waals surface area (Å²) in [5.41, 5.74) is -0.441. The van der Waals surface area contributed by atoms with Gasteiger partial charge in [0.2, 0.25) is 0 Å². The molecule has 4 aromatic rings. The Morgan fingerprint density at radius 3 is 2.70 bits per heavy atom. The third-order valence-corrected chi connectivity index (χ3v) is 9.59. The number of nitriles is 1. The molecule has 3 atom stereocenters. The minimum atomic E-state index is -1.12. The lowest BCUT2D eigenvalue weighted by Crippen LogP contribution is -2.70. The van der Waals surface area contributed by atoms with Crippen molar-refractivity contribution in [1.29, 1.82) is 5.26 Å². The van der Waals surface area contributed by atoms with Crippen molar-refractivity contribution in [2.45, 2.75) is 31.0 Å². The number of hydrogen-bond donors (Lipinski definition) is 0. The maximum Gasteiger partial charge on any atom is 0.319 e. The molecule has 6 rings (SSSR count). The van der Waals surface area contributed by atoms with Gasteiger partial charge in [-0.05, 0) is 25.4 Å². The number of methoxy groups -OCH3 is 1. The molecule has 0 spiro atoms. The molecule has 2 aliphatic heterocycles. The zero-order chi connectivity index (χ0) is 33.6. The highest BCUT2D eigenvalue weighted by molar-refractivity contribution is 6.36. The van der Waals surface area contributed by atoms with E-state index in [1.807, 2.05) is 20.0 Å². The fourth-order valence-electron chi connectivity index (χ4n) is 6.30. The summed E-state index contributed by atoms with van der Waals surface area (Å²) in [7, 11) is 3.56. The summed E-state index contributed by atoms with van der Waals surface area (Å²) in [5, 5.41) is 10.5. The number of amides is 1. The number of fused-ring (bicyclic) bond motifs is 2. The molecule has 2 aliphatic rings. The standard InChI is InChI=1S/C33H31ClF3N7O3/c1-18(35)31(45)44-13-12-43(15-20(44)10-11-38)30-22-14-39-28(21-7-5-6-19-8-9-23(36)26(34)25(19)21)27(37)29(22)40-32(41-30)47-17-33(2)24(46-4)16-42(33)3/h5-9,14,20,24H,1,10,12-13,15-17H2,2-4H3/t20-,24?,33?/m0/s1. The summed E-state index contributed by atoms with van der Waals surface area (Å²) < 4.78 is 56.8. The maximum atomic E-state index is 16.7. The number of hydrogen-bond acceptors (Lipinski definition) is 9. The van der Waals surface area contributed by atoms with Gasteiger partial charge in [-0.2, -0.15) is 15.2 Å². The number of ether oxygens (including phenoxy) is 2. The predicted molar refractivity (Wildman–Crippen MR) is 171 cm³/mol. The van der Waals surface area contributed by atoms with Gasteiger partial charge in [0, 0.05) is 50.4 Å². The molecule has 4 heterocycles. The molecule has 244 valence electrons. The van der Waals surface area contributed by atoms with Crippen molar-refractivity contribution in [3.05, 3.63) is 65.6 Å². The lowest BCUT2D eigenvalue weighted by Gasteiger charge is -2.53. The molecule has 10 nitrogen and oxygen atoms in total. The van der Waals surface area contributed by atoms with E-state index in [9.17, 15) is 18.8 Å². The number of likely N-dealkylation sites (tertiary alicyclic amines) is 1. The number of benzene rings is 2. The largest absolute Gasteiger partial charge is 0.461 e. The van der Waals surface area contributed by atoms with Crippen molar-refractivity contribution in [3.8, 4) is 23.3 Å². The quantitative estimate of drug-likeness (QED) is 0.232. The van der Waals surface area contributed by atoms with Crippen LogP contribution in [0.1, 0.15) is 13.3 Å². The summed E-state index contributed by atoms with van der Waals surface area (Å²) in [6, 6.07) is 9.06. The van der Waals surface area contributed by atoms with Crippen LogP contribution < -0.4 is 9.64 Å². The Hall–Kier alpha value is -4.51. The Labute approximate surface area is 274 Å². The smallest absolute Gasteiger partial charge is 0.319 e. The Morgan fingerprint density at radius 1 is 1.21 bits per heavy atom. The Balaban J connectivity index is 1.47. The summed E-state index contributed by atoms with van der Waals surface area (Å²) in [6.07, 6.45) is 1.22. The number of anilines is 1. The monoisotopic (exact) mass is 665 g/mol. The molecule has 47 heavy (non-hydrogen) atoms. The van der Waals surface area contributed by atoms with Gasteiger partial charge in [-0.15, -0.1) is 0 Å². The van der Waals surface area contributed by atoms with Gasteiger partial charge in [-0.25, -0.2) is 13.2 Å². The fourth-order valence-corrected chi connectivity index (χ4v) is 6.58. The Morgan fingerprint density at radius 2 is 2.00 bits per heavy atom. The normalized spacial score (nSPS) is 21.5. The number of halogens is 4. The molecule has 2 fully saturated rings. The van der Waals surface area contributed by atoms with Gasteiger partial charge in [0.15, 0.2) is 11.6 Å². The lowest BCUT2D eigenvalue weighted by molar-refractivity contribution is -0.147. The Bertz CT molecular complexity index is 1960. The van der Waals surface area contributed by atoms with Crippen LogP contribution in [-0.2, 0) is 9.53 Å². The van der Waals surface area contributed by atoms with E-state index >= 15 is 4.39 Å². The van der Waals surface area contributed by atoms with Crippen LogP contribution in [0.15, 0.2) is 48.9 Å². The molecule has 0 bridgehead atoms. The molecule has 0 N–H and O–H groups in total. The van der Waals surface area contributed by atoms with Gasteiger partial charge in [0.1, 0.15) is 29.5 Å². The van der Waals surface area contributed by atoms with Crippen molar-refractivity contribution in [2.24, 2.45) is 0 Å². The second-order valence-electron chi connectivity index (χ2n) is 11.9. The van der Waals surface area contributed by atoms with Crippen LogP contribution in [0.4, 0.5) is 19.0 Å². The van der Waals surface area contributed by atoms with Crippen LogP contribution >= 0.6 is 11.6 Å². The third-order valence-electron chi connectivity index (χ3n) is 9.22. The van der Waals surface area contributed by atoms with Crippen molar-refractivity contribution >= 4 is 45.0 Å². The highest BCUT2D eigenvalue weighted by atomic mass is 35.5. The van der Waals surface area contributed by atoms with E-state index in [1.165, 1.54) is 17.2 Å². The molecule has 2 saturated heterocycles. The highest BCUT2D eigenvalue weighted by Crippen LogP contribution is 2.39. The van der Waals surface area contributed by atoms with E-state index in [0.29, 0.717) is 17.3 Å². The molecule has 14 heteroatoms. The summed E-state index contributed by atoms with van der Waals surface area (Å²) in [6.45, 7) is 6.24. The highest BCUT2D eigenvalue weighted by Gasteiger charge is 2.49. The average molecular weight is 666 g/mol. The van der Waals surface area contributed by atoms with Crippen LogP contribution in [-0.4, -0.2) is 95.3 Å². The third kappa shape index (κ3) is 5.60. The average Bonchev–Trinajstić information content (AvgIpc) is 3.07. The van der Waals surface area contributed by atoms with Crippen molar-refractivity contribution in [3.63, 3.8) is 0 Å². The second-order valence-corrected chi connectivity index (χ2v) is 12.3. The minimum absolute atomic E-state index is 0.0578. The van der Waals surface area contributed by atoms with Crippen molar-refractivity contribution in [1.82, 2.24) is 24.8 Å². The van der Waals surface area contributed by atoms with E-state index in [0.717, 1.165) is 0 Å². The van der Waals surface area contributed by atoms with Gasteiger partial charge in [0.25, 0.3) is 5.91 Å². The SMILES string of the molecule is C=C(F)C(=O)N1CCN(c2nc(OCC3(C)C(OC)CN3C)nc3c(F)c(-c4cccc5ccc(F)c(Cl)c45)ncc23)C[C@@H]1CC#N. The van der Waals surface area contributed by atoms with Gasteiger partial charge in [-0.3, -0.25) is 14.7 Å². The zero-order valence-corrected chi connectivity index (χ0v) is 26.7. The van der Waals surface area contributed by atoms with E-state index < -0.39 is 34.9 Å². The van der Waals surface area contributed by atoms with Gasteiger partial charge < -0.3 is 19.3 Å². The molecule has 1 amide bonds. The molecular weight excluding hydrogens is 635 g/mol. The minimum Gasteiger partial charge on any atom is -0.461 e. The number of carbonyl (C=O) groups excluding carboxylic acids is 1. The summed E-state index contributed by atoms with van der Waals surface area (Å²) in [4.78, 5) is 31.2. The first-order valence-corrected chi connectivity index (χ1v) is 15.2. The zero-order valence-electron chi connectivity index (χ0n) is 25.9. The summed E-state index contributed by atoms with van der Waals surface area (Å²) >= 11 is 6.36. The maximum absolute atomic E-state index is 16.7. The van der Waals surface area contributed by atoms with E-state index in [4.69, 9.17) is 21.1 Å². The number of rotatable bonds is 8. The first-order chi connectivity index (χ1) is 22.5. The van der Waals surface area contributed by atoms with E-state index in [-0.39, 0.29) is 77.8 Å². The first kappa shape index (κ1) is 32.4. The number of aromatic nitrogens is 3. The topological polar surface area (TPSA) is 108 Å². The molecule has 0 radical (unpaired) electrons. The number of likely N-dealkylation sites (N-methyl/N-ethyl adjacent to an activating group) is 1. The number of pyridine rings is 1. The molecular formula is C33H31ClF3N7O3. The van der Waals surface area contributed by atoms with Crippen molar-refractivity contribution < 1.29 is 27.4 Å². The molecule has 2 aromatic carbocycles. The number of carbonyl (C=O) groups is 1. The number of piperazine rings is 1. The van der Waals surface area contributed by atoms with Crippen LogP contribution in [0.5, 0.6) is 6.01 Å². The second kappa shape index (κ2) is 12.6. The first-order valence-electron chi connectivity index (χ1n) is 14.9. The van der Waals surface area contributed by atoms with Gasteiger partial charge >= 0.3 is 6.01 Å². The van der Waals surface area contributed by atoms with Crippen LogP contribution in [0.25, 0.3) is 32.9 Å². The van der Waals surface area contributed by atoms with Crippen molar-refractivity contribution in [2.75, 3.05) is 51.8 Å². The molecule has 0 aliphatic carbocycles. The summed E-state index contributed by atoms with van der Waals surface area (Å²) in [5.74, 6) is -3.22. The van der Waals surface area contributed by atoms with Crippen LogP contribution in [0, 0.1) is 23.0 Å². The van der Waals surface area contributed by atoms with Crippen LogP contribution in [0.2, 0.25) is 5.02 Å². The van der Waals surface area contributed by atoms with E-state index in [2.05, 4.69) is 26.4 Å². The van der Waals surface area contributed by atoms with E-state index in [1.54, 1.807) is 36.3 Å². The van der Waals surface area contributed by atoms with Gasteiger partial charge in [0.05, 0.1) is 40.6 Å². The lowest BCUT2D eigenvalue weighted by atomic mass is 9.85. The Kier molecular flexibility index (Phi) is 8.69. The molecule has 2 unspecified atom stereocenters. The van der Waals surface area contributed by atoms with Crippen LogP contribution in [0.3, 0.4) is 0 Å². The molecule has 2 aromatic heterocycles. The fraction of sp³-hybridized carbons (Fsp3) is 0.364.